The quantitative estimate of drug-likeness (QED) is 0.186. The van der Waals surface area contributed by atoms with Gasteiger partial charge in [0.15, 0.2) is 0 Å². The van der Waals surface area contributed by atoms with E-state index in [1.807, 2.05) is 36.8 Å². The maximum absolute atomic E-state index is 8.49. The Labute approximate surface area is 289 Å². The first kappa shape index (κ1) is 44.6. The van der Waals surface area contributed by atoms with Crippen LogP contribution in [0.4, 0.5) is 0 Å². The standard InChI is InChI=1S/C27H36N6.C2H3N.2ClHO4.Ni/c1-31(19-22-10-4-7-13-28-22)25-16-26(32(2)20-23-11-5-8-14-29-23)18-27(17-25)33(3)21-24-12-6-9-15-30-24;1-2-3;2*2-1(3,4)5;/h4-15,25-27H,16-21H2,1-3H3;1H3;2*(H,2,3,4,5);/q;;;;+2/p-2. The van der Waals surface area contributed by atoms with Crippen molar-refractivity contribution in [1.29, 1.82) is 5.26 Å². The first-order valence-corrected chi connectivity index (χ1v) is 16.3. The molecule has 15 nitrogen and oxygen atoms in total. The van der Waals surface area contributed by atoms with Gasteiger partial charge in [0.25, 0.3) is 0 Å². The molecule has 0 saturated heterocycles. The largest absolute Gasteiger partial charge is 2.00 e. The van der Waals surface area contributed by atoms with Crippen molar-refractivity contribution in [3.8, 4) is 6.07 Å². The molecule has 262 valence electrons. The van der Waals surface area contributed by atoms with E-state index in [2.05, 4.69) is 87.2 Å². The summed E-state index contributed by atoms with van der Waals surface area (Å²) in [5, 5.41) is 7.32. The van der Waals surface area contributed by atoms with Gasteiger partial charge < -0.3 is 0 Å². The molecule has 0 aliphatic heterocycles. The number of hydrogen-bond acceptors (Lipinski definition) is 15. The van der Waals surface area contributed by atoms with Gasteiger partial charge in [-0.2, -0.15) is 5.26 Å². The summed E-state index contributed by atoms with van der Waals surface area (Å²) in [6, 6.07) is 21.8. The molecule has 3 aromatic heterocycles. The molecule has 0 atom stereocenters. The first-order valence-electron chi connectivity index (χ1n) is 13.8. The normalized spacial score (nSPS) is 17.5. The van der Waals surface area contributed by atoms with Crippen molar-refractivity contribution in [2.75, 3.05) is 21.1 Å². The molecule has 0 radical (unpaired) electrons. The van der Waals surface area contributed by atoms with Gasteiger partial charge >= 0.3 is 16.5 Å². The summed E-state index contributed by atoms with van der Waals surface area (Å²) in [7, 11) is -3.15. The summed E-state index contributed by atoms with van der Waals surface area (Å²) in [4.78, 5) is 21.1. The van der Waals surface area contributed by atoms with Gasteiger partial charge in [-0.3, -0.25) is 29.7 Å². The van der Waals surface area contributed by atoms with Crippen LogP contribution in [0.3, 0.4) is 0 Å². The molecule has 4 rings (SSSR count). The Morgan fingerprint density at radius 1 is 0.596 bits per heavy atom. The van der Waals surface area contributed by atoms with E-state index in [9.17, 15) is 0 Å². The second-order valence-electron chi connectivity index (χ2n) is 10.4. The van der Waals surface area contributed by atoms with Crippen LogP contribution in [0.1, 0.15) is 43.3 Å². The number of pyridine rings is 3. The van der Waals surface area contributed by atoms with Crippen LogP contribution in [0.2, 0.25) is 0 Å². The summed E-state index contributed by atoms with van der Waals surface area (Å²) >= 11 is 0. The molecule has 0 aromatic carbocycles. The molecule has 0 N–H and O–H groups in total. The molecule has 1 aliphatic rings. The van der Waals surface area contributed by atoms with Crippen LogP contribution in [0.25, 0.3) is 0 Å². The van der Waals surface area contributed by atoms with Crippen LogP contribution in [0.5, 0.6) is 0 Å². The third kappa shape index (κ3) is 22.7. The predicted octanol–water partition coefficient (Wildman–Crippen LogP) is -5.13. The molecule has 0 unspecified atom stereocenters. The second kappa shape index (κ2) is 23.0. The molecule has 3 aromatic rings. The van der Waals surface area contributed by atoms with Crippen LogP contribution in [0, 0.1) is 31.8 Å². The Morgan fingerprint density at radius 3 is 0.979 bits per heavy atom. The minimum atomic E-state index is -4.94. The first-order chi connectivity index (χ1) is 21.5. The van der Waals surface area contributed by atoms with Gasteiger partial charge in [-0.1, -0.05) is 18.2 Å². The fourth-order valence-corrected chi connectivity index (χ4v) is 4.94. The summed E-state index contributed by atoms with van der Waals surface area (Å²) in [6.07, 6.45) is 9.12. The average Bonchev–Trinajstić information content (AvgIpc) is 2.97. The molecule has 0 amide bonds. The van der Waals surface area contributed by atoms with Crippen molar-refractivity contribution < 1.29 is 74.2 Å². The summed E-state index contributed by atoms with van der Waals surface area (Å²) in [6.45, 7) is 4.05. The molecular formula is C29H39Cl2N7NiO8. The van der Waals surface area contributed by atoms with E-state index in [-0.39, 0.29) is 16.5 Å². The Bertz CT molecular complexity index is 1100. The number of rotatable bonds is 9. The van der Waals surface area contributed by atoms with E-state index < -0.39 is 20.5 Å². The van der Waals surface area contributed by atoms with Crippen LogP contribution >= 0.6 is 0 Å². The zero-order valence-corrected chi connectivity index (χ0v) is 28.9. The summed E-state index contributed by atoms with van der Waals surface area (Å²) in [5.41, 5.74) is 3.38. The molecule has 47 heavy (non-hydrogen) atoms. The number of halogens is 2. The topological polar surface area (TPSA) is 257 Å². The third-order valence-electron chi connectivity index (χ3n) is 6.92. The fourth-order valence-electron chi connectivity index (χ4n) is 4.94. The Morgan fingerprint density at radius 2 is 0.809 bits per heavy atom. The van der Waals surface area contributed by atoms with Gasteiger partial charge in [0, 0.05) is 63.3 Å². The van der Waals surface area contributed by atoms with Crippen LogP contribution in [0.15, 0.2) is 73.2 Å². The monoisotopic (exact) mass is 741 g/mol. The van der Waals surface area contributed by atoms with Crippen LogP contribution in [-0.4, -0.2) is 68.9 Å². The van der Waals surface area contributed by atoms with Crippen molar-refractivity contribution in [1.82, 2.24) is 29.7 Å². The number of aromatic nitrogens is 3. The SMILES string of the molecule is CC#N.CN(Cc1ccccn1)C1CC(N(C)Cc2ccccn2)CC(N(C)Cc2ccccn2)C1.[Ni+2].[O-][Cl+3]([O-])([O-])[O-].[O-][Cl+3]([O-])([O-])[O-]. The third-order valence-corrected chi connectivity index (χ3v) is 6.92. The molecule has 1 fully saturated rings. The van der Waals surface area contributed by atoms with Crippen molar-refractivity contribution in [2.45, 2.75) is 63.9 Å². The minimum Gasteiger partial charge on any atom is -0.297 e. The smallest absolute Gasteiger partial charge is 0.297 e. The van der Waals surface area contributed by atoms with Gasteiger partial charge in [-0.15, -0.1) is 20.5 Å². The van der Waals surface area contributed by atoms with Gasteiger partial charge in [0.05, 0.1) is 23.2 Å². The van der Waals surface area contributed by atoms with Gasteiger partial charge in [-0.25, -0.2) is 37.3 Å². The Kier molecular flexibility index (Phi) is 21.8. The molecule has 1 saturated carbocycles. The molecule has 1 aliphatic carbocycles. The maximum Gasteiger partial charge on any atom is 2.00 e. The zero-order valence-electron chi connectivity index (χ0n) is 26.4. The van der Waals surface area contributed by atoms with Crippen molar-refractivity contribution in [3.63, 3.8) is 0 Å². The van der Waals surface area contributed by atoms with E-state index >= 15 is 0 Å². The van der Waals surface area contributed by atoms with Gasteiger partial charge in [0.1, 0.15) is 0 Å². The van der Waals surface area contributed by atoms with Crippen LogP contribution < -0.4 is 37.3 Å². The van der Waals surface area contributed by atoms with E-state index in [1.165, 1.54) is 6.92 Å². The van der Waals surface area contributed by atoms with E-state index in [1.54, 1.807) is 6.07 Å². The van der Waals surface area contributed by atoms with Gasteiger partial charge in [0.2, 0.25) is 0 Å². The minimum absolute atomic E-state index is 0. The van der Waals surface area contributed by atoms with E-state index in [0.29, 0.717) is 18.1 Å². The van der Waals surface area contributed by atoms with Gasteiger partial charge in [-0.05, 0) is 76.8 Å². The zero-order chi connectivity index (χ0) is 34.8. The predicted molar refractivity (Wildman–Crippen MR) is 144 cm³/mol. The number of nitrogens with zero attached hydrogens (tertiary/aromatic N) is 7. The van der Waals surface area contributed by atoms with Crippen molar-refractivity contribution in [3.05, 3.63) is 90.3 Å². The fraction of sp³-hybridized carbons (Fsp3) is 0.448. The molecule has 0 spiro atoms. The van der Waals surface area contributed by atoms with E-state index in [4.69, 9.17) is 42.5 Å². The summed E-state index contributed by atoms with van der Waals surface area (Å²) in [5.74, 6) is 0. The second-order valence-corrected chi connectivity index (χ2v) is 11.9. The maximum atomic E-state index is 8.49. The van der Waals surface area contributed by atoms with E-state index in [0.717, 1.165) is 56.0 Å². The Hall–Kier alpha value is -2.43. The van der Waals surface area contributed by atoms with Crippen LogP contribution in [-0.2, 0) is 36.1 Å². The molecule has 18 heteroatoms. The number of nitriles is 1. The molecular weight excluding hydrogens is 704 g/mol. The number of hydrogen-bond donors (Lipinski definition) is 0. The Balaban J connectivity index is 0.00000129. The summed E-state index contributed by atoms with van der Waals surface area (Å²) < 4.78 is 67.9. The van der Waals surface area contributed by atoms with Crippen molar-refractivity contribution in [2.24, 2.45) is 0 Å². The average molecular weight is 743 g/mol. The molecule has 3 heterocycles. The molecule has 0 bridgehead atoms. The van der Waals surface area contributed by atoms with Crippen molar-refractivity contribution >= 4 is 0 Å².